The number of carbonyl (C=O) groups excluding carboxylic acids is 2. The maximum absolute atomic E-state index is 12.8. The van der Waals surface area contributed by atoms with Gasteiger partial charge < -0.3 is 15.3 Å². The molecule has 23 heavy (non-hydrogen) atoms. The van der Waals surface area contributed by atoms with E-state index in [0.717, 1.165) is 25.7 Å². The van der Waals surface area contributed by atoms with Crippen molar-refractivity contribution in [1.82, 2.24) is 9.88 Å². The SMILES string of the molecule is CC(=O)Nc1nc(C(=O)N2[C@@H]3CCCC[C@H]3C[C@H]2C(=O)O)cs1. The smallest absolute Gasteiger partial charge is 0.326 e. The van der Waals surface area contributed by atoms with Crippen LogP contribution in [0.1, 0.15) is 49.5 Å². The molecule has 1 aromatic rings. The van der Waals surface area contributed by atoms with E-state index in [1.807, 2.05) is 0 Å². The number of thiazole rings is 1. The molecule has 3 atom stereocenters. The fourth-order valence-corrected chi connectivity index (χ4v) is 4.42. The Morgan fingerprint density at radius 2 is 2.09 bits per heavy atom. The third kappa shape index (κ3) is 3.08. The van der Waals surface area contributed by atoms with Gasteiger partial charge in [0, 0.05) is 18.3 Å². The van der Waals surface area contributed by atoms with Crippen LogP contribution in [0.2, 0.25) is 0 Å². The van der Waals surface area contributed by atoms with Gasteiger partial charge in [0.25, 0.3) is 5.91 Å². The zero-order valence-corrected chi connectivity index (χ0v) is 13.6. The van der Waals surface area contributed by atoms with E-state index in [4.69, 9.17) is 0 Å². The topological polar surface area (TPSA) is 99.6 Å². The van der Waals surface area contributed by atoms with Crippen LogP contribution in [0.4, 0.5) is 5.13 Å². The van der Waals surface area contributed by atoms with Crippen LogP contribution >= 0.6 is 11.3 Å². The minimum Gasteiger partial charge on any atom is -0.480 e. The number of hydrogen-bond acceptors (Lipinski definition) is 5. The lowest BCUT2D eigenvalue weighted by Gasteiger charge is -2.32. The van der Waals surface area contributed by atoms with Crippen molar-refractivity contribution in [3.8, 4) is 0 Å². The summed E-state index contributed by atoms with van der Waals surface area (Å²) in [7, 11) is 0. The molecule has 0 bridgehead atoms. The van der Waals surface area contributed by atoms with Gasteiger partial charge in [0.2, 0.25) is 5.91 Å². The van der Waals surface area contributed by atoms with E-state index in [0.29, 0.717) is 11.6 Å². The van der Waals surface area contributed by atoms with Crippen molar-refractivity contribution >= 4 is 34.3 Å². The summed E-state index contributed by atoms with van der Waals surface area (Å²) in [5, 5.41) is 14.0. The fraction of sp³-hybridized carbons (Fsp3) is 0.600. The Kier molecular flexibility index (Phi) is 4.34. The van der Waals surface area contributed by atoms with Crippen molar-refractivity contribution in [2.45, 2.75) is 51.1 Å². The number of likely N-dealkylation sites (tertiary alicyclic amines) is 1. The lowest BCUT2D eigenvalue weighted by molar-refractivity contribution is -0.141. The zero-order valence-electron chi connectivity index (χ0n) is 12.8. The van der Waals surface area contributed by atoms with Crippen LogP contribution in [-0.2, 0) is 9.59 Å². The monoisotopic (exact) mass is 337 g/mol. The first-order chi connectivity index (χ1) is 11.0. The molecule has 0 unspecified atom stereocenters. The highest BCUT2D eigenvalue weighted by molar-refractivity contribution is 7.14. The van der Waals surface area contributed by atoms with Crippen LogP contribution in [0.5, 0.6) is 0 Å². The zero-order chi connectivity index (χ0) is 16.6. The Hall–Kier alpha value is -1.96. The van der Waals surface area contributed by atoms with E-state index in [2.05, 4.69) is 10.3 Å². The number of nitrogens with one attached hydrogen (secondary N) is 1. The number of nitrogens with zero attached hydrogens (tertiary/aromatic N) is 2. The first-order valence-corrected chi connectivity index (χ1v) is 8.64. The predicted molar refractivity (Wildman–Crippen MR) is 84.4 cm³/mol. The maximum Gasteiger partial charge on any atom is 0.326 e. The number of rotatable bonds is 3. The highest BCUT2D eigenvalue weighted by atomic mass is 32.1. The van der Waals surface area contributed by atoms with Gasteiger partial charge in [-0.1, -0.05) is 12.8 Å². The Morgan fingerprint density at radius 1 is 1.35 bits per heavy atom. The van der Waals surface area contributed by atoms with Crippen molar-refractivity contribution < 1.29 is 19.5 Å². The fourth-order valence-electron chi connectivity index (χ4n) is 3.68. The average Bonchev–Trinajstić information content (AvgIpc) is 3.10. The second kappa shape index (κ2) is 6.27. The second-order valence-corrected chi connectivity index (χ2v) is 6.99. The quantitative estimate of drug-likeness (QED) is 0.878. The van der Waals surface area contributed by atoms with Gasteiger partial charge in [0.05, 0.1) is 0 Å². The Bertz CT molecular complexity index is 644. The van der Waals surface area contributed by atoms with E-state index in [-0.39, 0.29) is 29.5 Å². The van der Waals surface area contributed by atoms with Crippen LogP contribution in [0.3, 0.4) is 0 Å². The van der Waals surface area contributed by atoms with Crippen LogP contribution in [0, 0.1) is 5.92 Å². The average molecular weight is 337 g/mol. The number of amides is 2. The second-order valence-electron chi connectivity index (χ2n) is 6.13. The largest absolute Gasteiger partial charge is 0.480 e. The number of carbonyl (C=O) groups is 3. The van der Waals surface area contributed by atoms with Crippen LogP contribution in [0.25, 0.3) is 0 Å². The Balaban J connectivity index is 1.84. The van der Waals surface area contributed by atoms with Crippen molar-refractivity contribution in [2.75, 3.05) is 5.32 Å². The maximum atomic E-state index is 12.8. The van der Waals surface area contributed by atoms with Crippen LogP contribution in [-0.4, -0.2) is 44.9 Å². The highest BCUT2D eigenvalue weighted by Crippen LogP contribution is 2.40. The number of fused-ring (bicyclic) bond motifs is 1. The minimum absolute atomic E-state index is 0.0109. The molecule has 124 valence electrons. The lowest BCUT2D eigenvalue weighted by Crippen LogP contribution is -2.46. The molecule has 2 fully saturated rings. The third-order valence-electron chi connectivity index (χ3n) is 4.61. The first kappa shape index (κ1) is 15.9. The summed E-state index contributed by atoms with van der Waals surface area (Å²) >= 11 is 1.17. The van der Waals surface area contributed by atoms with E-state index >= 15 is 0 Å². The van der Waals surface area contributed by atoms with Gasteiger partial charge in [0.1, 0.15) is 11.7 Å². The molecule has 0 radical (unpaired) electrons. The van der Waals surface area contributed by atoms with E-state index < -0.39 is 12.0 Å². The van der Waals surface area contributed by atoms with E-state index in [1.165, 1.54) is 23.2 Å². The van der Waals surface area contributed by atoms with E-state index in [9.17, 15) is 19.5 Å². The summed E-state index contributed by atoms with van der Waals surface area (Å²) in [6, 6.07) is -0.787. The van der Waals surface area contributed by atoms with E-state index in [1.54, 1.807) is 5.38 Å². The molecule has 3 rings (SSSR count). The molecule has 2 N–H and O–H groups in total. The number of hydrogen-bond donors (Lipinski definition) is 2. The number of aromatic nitrogens is 1. The van der Waals surface area contributed by atoms with Gasteiger partial charge in [-0.05, 0) is 25.2 Å². The van der Waals surface area contributed by atoms with Crippen LogP contribution < -0.4 is 5.32 Å². The number of aliphatic carboxylic acids is 1. The summed E-state index contributed by atoms with van der Waals surface area (Å²) < 4.78 is 0. The molecule has 8 heteroatoms. The Morgan fingerprint density at radius 3 is 2.78 bits per heavy atom. The van der Waals surface area contributed by atoms with Gasteiger partial charge in [-0.15, -0.1) is 11.3 Å². The molecule has 2 aliphatic rings. The standard InChI is InChI=1S/C15H19N3O4S/c1-8(19)16-15-17-10(7-23-15)13(20)18-11-5-3-2-4-9(11)6-12(18)14(21)22/h7,9,11-12H,2-6H2,1H3,(H,21,22)(H,16,17,19)/t9-,11+,12-/m0/s1. The predicted octanol–water partition coefficient (Wildman–Crippen LogP) is 1.96. The summed E-state index contributed by atoms with van der Waals surface area (Å²) in [5.74, 6) is -1.29. The molecule has 7 nitrogen and oxygen atoms in total. The van der Waals surface area contributed by atoms with Crippen molar-refractivity contribution in [1.29, 1.82) is 0 Å². The Labute approximate surface area is 137 Å². The summed E-state index contributed by atoms with van der Waals surface area (Å²) in [4.78, 5) is 41.1. The number of carboxylic acid groups (broad SMARTS) is 1. The summed E-state index contributed by atoms with van der Waals surface area (Å²) in [5.41, 5.74) is 0.205. The van der Waals surface area contributed by atoms with Gasteiger partial charge in [-0.25, -0.2) is 9.78 Å². The van der Waals surface area contributed by atoms with Crippen molar-refractivity contribution in [3.05, 3.63) is 11.1 Å². The molecule has 1 aliphatic carbocycles. The molecular weight excluding hydrogens is 318 g/mol. The molecule has 2 heterocycles. The van der Waals surface area contributed by atoms with Crippen molar-refractivity contribution in [2.24, 2.45) is 5.92 Å². The molecule has 1 aliphatic heterocycles. The molecule has 0 aromatic carbocycles. The molecule has 2 amide bonds. The summed E-state index contributed by atoms with van der Waals surface area (Å²) in [6.07, 6.45) is 4.47. The van der Waals surface area contributed by atoms with Gasteiger partial charge in [-0.2, -0.15) is 0 Å². The lowest BCUT2D eigenvalue weighted by atomic mass is 9.84. The molecule has 0 spiro atoms. The van der Waals surface area contributed by atoms with Crippen molar-refractivity contribution in [3.63, 3.8) is 0 Å². The summed E-state index contributed by atoms with van der Waals surface area (Å²) in [6.45, 7) is 1.37. The molecule has 1 aromatic heterocycles. The highest BCUT2D eigenvalue weighted by Gasteiger charge is 2.48. The van der Waals surface area contributed by atoms with Gasteiger partial charge >= 0.3 is 5.97 Å². The third-order valence-corrected chi connectivity index (χ3v) is 5.37. The first-order valence-electron chi connectivity index (χ1n) is 7.76. The molecule has 1 saturated carbocycles. The normalized spacial score (nSPS) is 26.7. The van der Waals surface area contributed by atoms with Gasteiger partial charge in [-0.3, -0.25) is 9.59 Å². The number of anilines is 1. The minimum atomic E-state index is -0.954. The van der Waals surface area contributed by atoms with Gasteiger partial charge in [0.15, 0.2) is 5.13 Å². The molecular formula is C15H19N3O4S. The molecule has 1 saturated heterocycles. The van der Waals surface area contributed by atoms with Crippen LogP contribution in [0.15, 0.2) is 5.38 Å². The number of carboxylic acids is 1.